The van der Waals surface area contributed by atoms with Gasteiger partial charge < -0.3 is 19.8 Å². The fourth-order valence-corrected chi connectivity index (χ4v) is 1.34. The van der Waals surface area contributed by atoms with Crippen LogP contribution >= 0.6 is 0 Å². The van der Waals surface area contributed by atoms with Gasteiger partial charge in [0.05, 0.1) is 18.1 Å². The Morgan fingerprint density at radius 1 is 1.43 bits per heavy atom. The van der Waals surface area contributed by atoms with Gasteiger partial charge in [-0.1, -0.05) is 0 Å². The number of carboxylic acid groups (broad SMARTS) is 1. The number of nitrogens with zero attached hydrogens (tertiary/aromatic N) is 3. The van der Waals surface area contributed by atoms with E-state index in [1.165, 1.54) is 6.92 Å². The van der Waals surface area contributed by atoms with E-state index < -0.39 is 29.9 Å². The molecule has 1 saturated heterocycles. The first kappa shape index (κ1) is 16.8. The highest BCUT2D eigenvalue weighted by molar-refractivity contribution is 5.71. The van der Waals surface area contributed by atoms with Crippen LogP contribution in [0.15, 0.2) is 5.28 Å². The van der Waals surface area contributed by atoms with Gasteiger partial charge in [-0.15, -0.1) is 5.01 Å². The average Bonchev–Trinajstić information content (AvgIpc) is 2.20. The molecule has 0 saturated carbocycles. The van der Waals surface area contributed by atoms with Crippen LogP contribution in [0.2, 0.25) is 0 Å². The molecule has 0 aromatic carbocycles. The van der Waals surface area contributed by atoms with Gasteiger partial charge >= 0.3 is 12.1 Å². The molecule has 1 rings (SSSR count). The highest BCUT2D eigenvalue weighted by atomic mass is 16.8. The van der Waals surface area contributed by atoms with Gasteiger partial charge in [-0.2, -0.15) is 0 Å². The molecule has 0 aliphatic carbocycles. The standard InChI is InChI=1S/C11H19N3O7/c1-7(19-10(17)20-11(2,3)4)21-12-14(18)13-5-8(6-13)9(15)16/h7-8H,5-6H2,1-4H3,(H,15,16)/b14-12+. The Bertz CT molecular complexity index is 426. The Morgan fingerprint density at radius 3 is 2.48 bits per heavy atom. The highest BCUT2D eigenvalue weighted by Crippen LogP contribution is 2.15. The van der Waals surface area contributed by atoms with Gasteiger partial charge in [-0.3, -0.25) is 9.63 Å². The molecule has 0 radical (unpaired) electrons. The topological polar surface area (TPSA) is 124 Å². The molecule has 1 heterocycles. The van der Waals surface area contributed by atoms with Gasteiger partial charge in [-0.05, 0) is 20.8 Å². The van der Waals surface area contributed by atoms with Crippen LogP contribution in [0.1, 0.15) is 27.7 Å². The third kappa shape index (κ3) is 5.71. The van der Waals surface area contributed by atoms with Gasteiger partial charge in [0.25, 0.3) is 6.29 Å². The van der Waals surface area contributed by atoms with E-state index in [1.807, 2.05) is 0 Å². The summed E-state index contributed by atoms with van der Waals surface area (Å²) in [6.45, 7) is 6.47. The first-order valence-corrected chi connectivity index (χ1v) is 6.30. The molecule has 0 aromatic heterocycles. The predicted molar refractivity (Wildman–Crippen MR) is 66.6 cm³/mol. The van der Waals surface area contributed by atoms with E-state index in [0.717, 1.165) is 5.01 Å². The molecule has 1 fully saturated rings. The van der Waals surface area contributed by atoms with Crippen LogP contribution in [-0.4, -0.2) is 52.2 Å². The Kier molecular flexibility index (Phi) is 5.17. The van der Waals surface area contributed by atoms with Crippen molar-refractivity contribution in [2.45, 2.75) is 39.6 Å². The minimum atomic E-state index is -1.12. The SMILES string of the molecule is CC(O/N=[N+](/[O-])N1CC(C(=O)O)C1)OC(=O)OC(C)(C)C. The van der Waals surface area contributed by atoms with Gasteiger partial charge in [0.1, 0.15) is 11.5 Å². The molecule has 1 aliphatic rings. The highest BCUT2D eigenvalue weighted by Gasteiger charge is 2.38. The fourth-order valence-electron chi connectivity index (χ4n) is 1.34. The number of carbonyl (C=O) groups is 2. The minimum absolute atomic E-state index is 0.0486. The predicted octanol–water partition coefficient (Wildman–Crippen LogP) is 1.11. The lowest BCUT2D eigenvalue weighted by molar-refractivity contribution is -0.727. The first-order chi connectivity index (χ1) is 9.58. The van der Waals surface area contributed by atoms with Crippen LogP contribution in [0.25, 0.3) is 0 Å². The molecule has 10 heteroatoms. The van der Waals surface area contributed by atoms with Crippen molar-refractivity contribution in [1.29, 1.82) is 0 Å². The smallest absolute Gasteiger partial charge is 0.511 e. The number of hydrazine groups is 1. The van der Waals surface area contributed by atoms with E-state index >= 15 is 0 Å². The van der Waals surface area contributed by atoms with E-state index in [9.17, 15) is 14.8 Å². The summed E-state index contributed by atoms with van der Waals surface area (Å²) in [7, 11) is 0. The normalized spacial score (nSPS) is 17.7. The maximum atomic E-state index is 11.4. The van der Waals surface area contributed by atoms with Crippen molar-refractivity contribution < 1.29 is 34.0 Å². The lowest BCUT2D eigenvalue weighted by Gasteiger charge is -2.31. The molecule has 1 unspecified atom stereocenters. The lowest BCUT2D eigenvalue weighted by atomic mass is 10.0. The molecule has 21 heavy (non-hydrogen) atoms. The zero-order valence-corrected chi connectivity index (χ0v) is 12.3. The summed E-state index contributed by atoms with van der Waals surface area (Å²) in [6.07, 6.45) is -2.06. The molecule has 120 valence electrons. The van der Waals surface area contributed by atoms with E-state index in [1.54, 1.807) is 20.8 Å². The molecule has 0 spiro atoms. The number of carboxylic acids is 1. The van der Waals surface area contributed by atoms with Crippen molar-refractivity contribution in [2.24, 2.45) is 11.2 Å². The summed E-state index contributed by atoms with van der Waals surface area (Å²) >= 11 is 0. The number of rotatable bonds is 5. The fraction of sp³-hybridized carbons (Fsp3) is 0.818. The largest absolute Gasteiger partial charge is 0.569 e. The molecular formula is C11H19N3O7. The summed E-state index contributed by atoms with van der Waals surface area (Å²) < 4.78 is 9.60. The quantitative estimate of drug-likeness (QED) is 0.263. The monoisotopic (exact) mass is 305 g/mol. The third-order valence-electron chi connectivity index (χ3n) is 2.37. The van der Waals surface area contributed by atoms with Crippen LogP contribution in [-0.2, 0) is 19.1 Å². The minimum Gasteiger partial charge on any atom is -0.569 e. The molecule has 0 aromatic rings. The Labute approximate surface area is 121 Å². The maximum Gasteiger partial charge on any atom is 0.511 e. The first-order valence-electron chi connectivity index (χ1n) is 6.30. The van der Waals surface area contributed by atoms with Crippen molar-refractivity contribution in [3.63, 3.8) is 0 Å². The van der Waals surface area contributed by atoms with Gasteiger partial charge in [0, 0.05) is 6.92 Å². The second kappa shape index (κ2) is 6.46. The van der Waals surface area contributed by atoms with Crippen molar-refractivity contribution in [2.75, 3.05) is 13.1 Å². The molecule has 1 aliphatic heterocycles. The lowest BCUT2D eigenvalue weighted by Crippen LogP contribution is -2.53. The van der Waals surface area contributed by atoms with Crippen molar-refractivity contribution in [3.05, 3.63) is 5.21 Å². The Balaban J connectivity index is 2.32. The number of aliphatic carboxylic acids is 1. The van der Waals surface area contributed by atoms with Crippen molar-refractivity contribution in [3.8, 4) is 0 Å². The number of carbonyl (C=O) groups excluding carboxylic acids is 1. The molecule has 1 N–H and O–H groups in total. The summed E-state index contributed by atoms with van der Waals surface area (Å²) in [6, 6.07) is 0. The summed E-state index contributed by atoms with van der Waals surface area (Å²) in [4.78, 5) is 26.7. The number of hydrogen-bond donors (Lipinski definition) is 1. The van der Waals surface area contributed by atoms with Gasteiger partial charge in [0.15, 0.2) is 0 Å². The van der Waals surface area contributed by atoms with Gasteiger partial charge in [0.2, 0.25) is 5.28 Å². The molecule has 0 bridgehead atoms. The van der Waals surface area contributed by atoms with Crippen LogP contribution in [0, 0.1) is 11.1 Å². The zero-order valence-electron chi connectivity index (χ0n) is 12.3. The Morgan fingerprint density at radius 2 is 2.00 bits per heavy atom. The van der Waals surface area contributed by atoms with Crippen LogP contribution in [0.3, 0.4) is 0 Å². The summed E-state index contributed by atoms with van der Waals surface area (Å²) in [5.41, 5.74) is -0.706. The second-order valence-corrected chi connectivity index (χ2v) is 5.50. The molecule has 0 amide bonds. The van der Waals surface area contributed by atoms with Gasteiger partial charge in [-0.25, -0.2) is 4.79 Å². The van der Waals surface area contributed by atoms with Crippen molar-refractivity contribution >= 4 is 12.1 Å². The third-order valence-corrected chi connectivity index (χ3v) is 2.37. The van der Waals surface area contributed by atoms with E-state index in [0.29, 0.717) is 0 Å². The summed E-state index contributed by atoms with van der Waals surface area (Å²) in [5, 5.41) is 24.4. The Hall–Kier alpha value is -2.26. The number of ether oxygens (including phenoxy) is 2. The number of hydrogen-bond acceptors (Lipinski definition) is 7. The summed E-state index contributed by atoms with van der Waals surface area (Å²) in [5.74, 6) is -1.56. The molecular weight excluding hydrogens is 286 g/mol. The molecule has 10 nitrogen and oxygen atoms in total. The van der Waals surface area contributed by atoms with E-state index in [2.05, 4.69) is 10.1 Å². The van der Waals surface area contributed by atoms with Crippen LogP contribution in [0.4, 0.5) is 4.79 Å². The van der Waals surface area contributed by atoms with Crippen molar-refractivity contribution in [1.82, 2.24) is 5.01 Å². The average molecular weight is 305 g/mol. The van der Waals surface area contributed by atoms with E-state index in [-0.39, 0.29) is 18.1 Å². The molecule has 1 atom stereocenters. The zero-order chi connectivity index (χ0) is 16.2. The van der Waals surface area contributed by atoms with E-state index in [4.69, 9.17) is 14.6 Å². The maximum absolute atomic E-state index is 11.4. The second-order valence-electron chi connectivity index (χ2n) is 5.50. The van der Waals surface area contributed by atoms with Crippen LogP contribution in [0.5, 0.6) is 0 Å². The van der Waals surface area contributed by atoms with Crippen LogP contribution < -0.4 is 0 Å².